The summed E-state index contributed by atoms with van der Waals surface area (Å²) in [4.78, 5) is 0. The number of methoxy groups -OCH3 is 1. The van der Waals surface area contributed by atoms with Crippen molar-refractivity contribution in [2.45, 2.75) is 94.6 Å². The van der Waals surface area contributed by atoms with Gasteiger partial charge in [0.1, 0.15) is 42.2 Å². The highest BCUT2D eigenvalue weighted by atomic mass is 16.7. The molecule has 2 aromatic rings. The Kier molecular flexibility index (Phi) is 8.32. The molecule has 0 spiro atoms. The van der Waals surface area contributed by atoms with E-state index in [-0.39, 0.29) is 12.7 Å². The summed E-state index contributed by atoms with van der Waals surface area (Å²) in [7, 11) is 1.50. The predicted molar refractivity (Wildman–Crippen MR) is 135 cm³/mol. The zero-order valence-corrected chi connectivity index (χ0v) is 21.0. The molecule has 36 heavy (non-hydrogen) atoms. The second-order valence-electron chi connectivity index (χ2n) is 10.1. The van der Waals surface area contributed by atoms with E-state index in [0.717, 1.165) is 43.6 Å². The Bertz CT molecular complexity index is 970. The lowest BCUT2D eigenvalue weighted by Crippen LogP contribution is -2.61. The van der Waals surface area contributed by atoms with Crippen LogP contribution in [0.1, 0.15) is 56.1 Å². The molecule has 7 nitrogen and oxygen atoms in total. The summed E-state index contributed by atoms with van der Waals surface area (Å²) < 4.78 is 29.7. The lowest BCUT2D eigenvalue weighted by atomic mass is 9.91. The average molecular weight is 499 g/mol. The first-order valence-electron chi connectivity index (χ1n) is 13.3. The molecule has 1 heterocycles. The zero-order chi connectivity index (χ0) is 24.9. The Morgan fingerprint density at radius 1 is 0.833 bits per heavy atom. The van der Waals surface area contributed by atoms with Gasteiger partial charge in [0.15, 0.2) is 12.4 Å². The molecule has 1 saturated heterocycles. The van der Waals surface area contributed by atoms with E-state index in [1.165, 1.54) is 43.9 Å². The van der Waals surface area contributed by atoms with Crippen LogP contribution < -0.4 is 14.2 Å². The summed E-state index contributed by atoms with van der Waals surface area (Å²) in [5, 5.41) is 21.7. The fourth-order valence-corrected chi connectivity index (χ4v) is 5.54. The van der Waals surface area contributed by atoms with Crippen LogP contribution in [-0.4, -0.2) is 60.7 Å². The summed E-state index contributed by atoms with van der Waals surface area (Å²) in [6.07, 6.45) is 5.66. The third kappa shape index (κ3) is 5.80. The second-order valence-corrected chi connectivity index (χ2v) is 10.1. The minimum absolute atomic E-state index is 0.106. The van der Waals surface area contributed by atoms with Gasteiger partial charge in [-0.15, -0.1) is 0 Å². The van der Waals surface area contributed by atoms with E-state index < -0.39 is 30.7 Å². The highest BCUT2D eigenvalue weighted by molar-refractivity contribution is 5.41. The number of aliphatic hydroxyl groups is 2. The molecule has 1 saturated carbocycles. The van der Waals surface area contributed by atoms with Gasteiger partial charge in [-0.25, -0.2) is 0 Å². The SMILES string of the molecule is CO[C@@H]1O[C@H](COc2cccc3c2CCCC3)[C@@H](O)[C@H](O)[C@H]1Oc1ccc(OC2CCCCC2)cc1. The van der Waals surface area contributed by atoms with Gasteiger partial charge < -0.3 is 33.9 Å². The summed E-state index contributed by atoms with van der Waals surface area (Å²) in [5.41, 5.74) is 2.55. The summed E-state index contributed by atoms with van der Waals surface area (Å²) in [6.45, 7) is 0.106. The zero-order valence-electron chi connectivity index (χ0n) is 21.0. The molecule has 3 aliphatic rings. The quantitative estimate of drug-likeness (QED) is 0.564. The minimum Gasteiger partial charge on any atom is -0.490 e. The second kappa shape index (κ2) is 11.8. The molecule has 2 fully saturated rings. The third-order valence-corrected chi connectivity index (χ3v) is 7.58. The van der Waals surface area contributed by atoms with E-state index >= 15 is 0 Å². The molecule has 0 aromatic heterocycles. The topological polar surface area (TPSA) is 86.6 Å². The Balaban J connectivity index is 1.19. The molecule has 0 unspecified atom stereocenters. The van der Waals surface area contributed by atoms with Crippen molar-refractivity contribution in [2.75, 3.05) is 13.7 Å². The van der Waals surface area contributed by atoms with Crippen molar-refractivity contribution in [1.82, 2.24) is 0 Å². The maximum Gasteiger partial charge on any atom is 0.197 e. The summed E-state index contributed by atoms with van der Waals surface area (Å²) >= 11 is 0. The van der Waals surface area contributed by atoms with E-state index in [9.17, 15) is 10.2 Å². The number of hydrogen-bond acceptors (Lipinski definition) is 7. The highest BCUT2D eigenvalue weighted by Crippen LogP contribution is 2.32. The van der Waals surface area contributed by atoms with E-state index in [0.29, 0.717) is 5.75 Å². The standard InChI is InChI=1S/C29H38O7/c1-32-29-28(35-22-16-14-21(15-17-22)34-20-10-3-2-4-11-20)27(31)26(30)25(36-29)18-33-24-13-7-9-19-8-5-6-12-23(19)24/h7,9,13-17,20,25-31H,2-6,8,10-12,18H2,1H3/t25-,26-,27+,28-,29-/m1/s1. The van der Waals surface area contributed by atoms with Gasteiger partial charge in [0.05, 0.1) is 6.10 Å². The normalized spacial score (nSPS) is 28.8. The molecule has 1 aliphatic heterocycles. The van der Waals surface area contributed by atoms with Crippen molar-refractivity contribution < 1.29 is 33.9 Å². The molecule has 5 rings (SSSR count). The van der Waals surface area contributed by atoms with Crippen molar-refractivity contribution in [3.63, 3.8) is 0 Å². The lowest BCUT2D eigenvalue weighted by Gasteiger charge is -2.41. The maximum atomic E-state index is 10.9. The van der Waals surface area contributed by atoms with E-state index in [2.05, 4.69) is 6.07 Å². The first kappa shape index (κ1) is 25.3. The molecule has 2 aliphatic carbocycles. The maximum absolute atomic E-state index is 10.9. The van der Waals surface area contributed by atoms with Gasteiger partial charge in [-0.1, -0.05) is 18.6 Å². The Morgan fingerprint density at radius 2 is 1.56 bits per heavy atom. The van der Waals surface area contributed by atoms with Gasteiger partial charge >= 0.3 is 0 Å². The van der Waals surface area contributed by atoms with E-state index in [4.69, 9.17) is 23.7 Å². The van der Waals surface area contributed by atoms with Gasteiger partial charge in [0.25, 0.3) is 0 Å². The van der Waals surface area contributed by atoms with Gasteiger partial charge in [-0.3, -0.25) is 0 Å². The van der Waals surface area contributed by atoms with Crippen LogP contribution >= 0.6 is 0 Å². The fourth-order valence-electron chi connectivity index (χ4n) is 5.54. The molecular formula is C29H38O7. The first-order chi connectivity index (χ1) is 17.6. The van der Waals surface area contributed by atoms with Crippen LogP contribution in [-0.2, 0) is 22.3 Å². The molecule has 0 bridgehead atoms. The lowest BCUT2D eigenvalue weighted by molar-refractivity contribution is -0.287. The molecule has 0 amide bonds. The van der Waals surface area contributed by atoms with Crippen LogP contribution in [0.3, 0.4) is 0 Å². The molecule has 5 atom stereocenters. The van der Waals surface area contributed by atoms with Gasteiger partial charge in [-0.2, -0.15) is 0 Å². The number of ether oxygens (including phenoxy) is 5. The monoisotopic (exact) mass is 498 g/mol. The van der Waals surface area contributed by atoms with E-state index in [1.54, 1.807) is 12.1 Å². The number of aliphatic hydroxyl groups excluding tert-OH is 2. The molecule has 2 aromatic carbocycles. The van der Waals surface area contributed by atoms with Crippen molar-refractivity contribution in [2.24, 2.45) is 0 Å². The first-order valence-corrected chi connectivity index (χ1v) is 13.3. The van der Waals surface area contributed by atoms with Crippen LogP contribution in [0.5, 0.6) is 17.2 Å². The fraction of sp³-hybridized carbons (Fsp3) is 0.586. The molecule has 2 N–H and O–H groups in total. The van der Waals surface area contributed by atoms with E-state index in [1.807, 2.05) is 24.3 Å². The van der Waals surface area contributed by atoms with Crippen LogP contribution in [0.25, 0.3) is 0 Å². The van der Waals surface area contributed by atoms with Crippen molar-refractivity contribution in [3.8, 4) is 17.2 Å². The third-order valence-electron chi connectivity index (χ3n) is 7.58. The number of aryl methyl sites for hydroxylation is 1. The van der Waals surface area contributed by atoms with Crippen molar-refractivity contribution in [3.05, 3.63) is 53.6 Å². The minimum atomic E-state index is -1.21. The number of hydrogen-bond donors (Lipinski definition) is 2. The Labute approximate surface area is 213 Å². The van der Waals surface area contributed by atoms with Crippen molar-refractivity contribution in [1.29, 1.82) is 0 Å². The van der Waals surface area contributed by atoms with Crippen LogP contribution in [0.2, 0.25) is 0 Å². The Morgan fingerprint density at radius 3 is 2.31 bits per heavy atom. The molecule has 7 heteroatoms. The number of benzene rings is 2. The molecule has 196 valence electrons. The largest absolute Gasteiger partial charge is 0.490 e. The molecule has 0 radical (unpaired) electrons. The van der Waals surface area contributed by atoms with Crippen LogP contribution in [0.15, 0.2) is 42.5 Å². The van der Waals surface area contributed by atoms with Gasteiger partial charge in [0.2, 0.25) is 0 Å². The molecular weight excluding hydrogens is 460 g/mol. The van der Waals surface area contributed by atoms with Gasteiger partial charge in [0, 0.05) is 7.11 Å². The predicted octanol–water partition coefficient (Wildman–Crippen LogP) is 4.20. The van der Waals surface area contributed by atoms with Crippen LogP contribution in [0, 0.1) is 0 Å². The van der Waals surface area contributed by atoms with Crippen LogP contribution in [0.4, 0.5) is 0 Å². The number of fused-ring (bicyclic) bond motifs is 1. The highest BCUT2D eigenvalue weighted by Gasteiger charge is 2.46. The van der Waals surface area contributed by atoms with Crippen molar-refractivity contribution >= 4 is 0 Å². The van der Waals surface area contributed by atoms with Gasteiger partial charge in [-0.05, 0) is 92.8 Å². The summed E-state index contributed by atoms with van der Waals surface area (Å²) in [6, 6.07) is 13.5. The average Bonchev–Trinajstić information content (AvgIpc) is 2.92. The Hall–Kier alpha value is -2.32. The smallest absolute Gasteiger partial charge is 0.197 e. The summed E-state index contributed by atoms with van der Waals surface area (Å²) in [5.74, 6) is 2.16. The number of rotatable bonds is 8.